The van der Waals surface area contributed by atoms with Crippen molar-refractivity contribution >= 4 is 18.1 Å². The summed E-state index contributed by atoms with van der Waals surface area (Å²) in [5, 5.41) is 37.8. The molecule has 4 N–H and O–H groups in total. The minimum absolute atomic E-state index is 0.0709. The van der Waals surface area contributed by atoms with Gasteiger partial charge in [0, 0.05) is 12.8 Å². The van der Waals surface area contributed by atoms with Crippen LogP contribution in [0, 0.1) is 0 Å². The number of hydrogen-bond acceptors (Lipinski definition) is 7. The van der Waals surface area contributed by atoms with E-state index in [0.29, 0.717) is 17.7 Å². The van der Waals surface area contributed by atoms with Crippen molar-refractivity contribution in [3.63, 3.8) is 0 Å². The predicted octanol–water partition coefficient (Wildman–Crippen LogP) is -1.66. The molecule has 8 nitrogen and oxygen atoms in total. The number of aliphatic hydroxyl groups is 4. The SMILES string of the molecule is O=C[C@@H]([C@@H](O)[C@H](O)[C@H](O)CO)N1C(=O)CCCCCCC1=O. The van der Waals surface area contributed by atoms with Crippen LogP contribution in [0.1, 0.15) is 38.5 Å². The van der Waals surface area contributed by atoms with Crippen molar-refractivity contribution in [2.45, 2.75) is 62.9 Å². The van der Waals surface area contributed by atoms with E-state index in [2.05, 4.69) is 0 Å². The molecule has 1 fully saturated rings. The number of amides is 2. The Labute approximate surface area is 128 Å². The van der Waals surface area contributed by atoms with Crippen LogP contribution in [0.4, 0.5) is 0 Å². The van der Waals surface area contributed by atoms with Gasteiger partial charge in [0.25, 0.3) is 0 Å². The number of rotatable bonds is 6. The quantitative estimate of drug-likeness (QED) is 0.340. The fraction of sp³-hybridized carbons (Fsp3) is 0.786. The van der Waals surface area contributed by atoms with E-state index in [-0.39, 0.29) is 19.1 Å². The Morgan fingerprint density at radius 1 is 0.955 bits per heavy atom. The van der Waals surface area contributed by atoms with E-state index in [1.807, 2.05) is 0 Å². The van der Waals surface area contributed by atoms with Gasteiger partial charge in [-0.05, 0) is 12.8 Å². The molecule has 1 saturated heterocycles. The van der Waals surface area contributed by atoms with Gasteiger partial charge in [-0.15, -0.1) is 0 Å². The summed E-state index contributed by atoms with van der Waals surface area (Å²) in [6.07, 6.45) is -2.31. The standard InChI is InChI=1S/C14H23NO7/c16-7-9(13(21)14(22)10(18)8-17)15-11(19)5-3-1-2-4-6-12(15)20/h7,9-10,13-14,17-18,21-22H,1-6,8H2/t9-,10+,13+,14+/m0/s1. The number of imide groups is 1. The van der Waals surface area contributed by atoms with Gasteiger partial charge in [-0.1, -0.05) is 12.8 Å². The van der Waals surface area contributed by atoms with Crippen molar-refractivity contribution in [1.82, 2.24) is 4.90 Å². The minimum Gasteiger partial charge on any atom is -0.394 e. The Morgan fingerprint density at radius 2 is 1.45 bits per heavy atom. The Kier molecular flexibility index (Phi) is 7.60. The van der Waals surface area contributed by atoms with E-state index in [4.69, 9.17) is 5.11 Å². The topological polar surface area (TPSA) is 135 Å². The van der Waals surface area contributed by atoms with Gasteiger partial charge in [0.15, 0.2) is 0 Å². The summed E-state index contributed by atoms with van der Waals surface area (Å²) >= 11 is 0. The molecule has 1 heterocycles. The number of carbonyl (C=O) groups excluding carboxylic acids is 3. The molecule has 22 heavy (non-hydrogen) atoms. The summed E-state index contributed by atoms with van der Waals surface area (Å²) in [6.45, 7) is -0.828. The lowest BCUT2D eigenvalue weighted by molar-refractivity contribution is -0.158. The molecule has 0 aromatic rings. The first kappa shape index (κ1) is 18.7. The second-order valence-corrected chi connectivity index (χ2v) is 5.43. The van der Waals surface area contributed by atoms with Crippen LogP contribution in [0.3, 0.4) is 0 Å². The van der Waals surface area contributed by atoms with Crippen LogP contribution >= 0.6 is 0 Å². The molecule has 0 unspecified atom stereocenters. The molecule has 2 amide bonds. The fourth-order valence-corrected chi connectivity index (χ4v) is 2.45. The van der Waals surface area contributed by atoms with E-state index in [1.54, 1.807) is 0 Å². The summed E-state index contributed by atoms with van der Waals surface area (Å²) in [4.78, 5) is 36.2. The van der Waals surface area contributed by atoms with E-state index in [1.165, 1.54) is 0 Å². The number of aldehydes is 1. The molecular weight excluding hydrogens is 294 g/mol. The number of nitrogens with zero attached hydrogens (tertiary/aromatic N) is 1. The fourth-order valence-electron chi connectivity index (χ4n) is 2.45. The van der Waals surface area contributed by atoms with Crippen LogP contribution in [0.15, 0.2) is 0 Å². The van der Waals surface area contributed by atoms with Crippen molar-refractivity contribution < 1.29 is 34.8 Å². The smallest absolute Gasteiger partial charge is 0.229 e. The lowest BCUT2D eigenvalue weighted by Gasteiger charge is -2.32. The summed E-state index contributed by atoms with van der Waals surface area (Å²) < 4.78 is 0. The lowest BCUT2D eigenvalue weighted by atomic mass is 10.00. The molecule has 0 aliphatic carbocycles. The van der Waals surface area contributed by atoms with Crippen LogP contribution in [0.5, 0.6) is 0 Å². The molecule has 1 aliphatic heterocycles. The highest BCUT2D eigenvalue weighted by Gasteiger charge is 2.39. The molecular formula is C14H23NO7. The second-order valence-electron chi connectivity index (χ2n) is 5.43. The summed E-state index contributed by atoms with van der Waals surface area (Å²) in [5.41, 5.74) is 0. The maximum absolute atomic E-state index is 12.1. The molecule has 8 heteroatoms. The highest BCUT2D eigenvalue weighted by Crippen LogP contribution is 2.18. The molecule has 4 atom stereocenters. The van der Waals surface area contributed by atoms with Crippen LogP contribution in [0.25, 0.3) is 0 Å². The summed E-state index contributed by atoms with van der Waals surface area (Å²) in [6, 6.07) is -1.59. The van der Waals surface area contributed by atoms with Crippen molar-refractivity contribution in [2.75, 3.05) is 6.61 Å². The minimum atomic E-state index is -1.87. The molecule has 0 spiro atoms. The van der Waals surface area contributed by atoms with Crippen molar-refractivity contribution in [3.8, 4) is 0 Å². The summed E-state index contributed by atoms with van der Waals surface area (Å²) in [5.74, 6) is -1.18. The maximum Gasteiger partial charge on any atom is 0.229 e. The van der Waals surface area contributed by atoms with Gasteiger partial charge >= 0.3 is 0 Å². The molecule has 0 radical (unpaired) electrons. The zero-order chi connectivity index (χ0) is 16.7. The first-order chi connectivity index (χ1) is 10.4. The van der Waals surface area contributed by atoms with Crippen molar-refractivity contribution in [1.29, 1.82) is 0 Å². The van der Waals surface area contributed by atoms with E-state index < -0.39 is 42.8 Å². The average molecular weight is 317 g/mol. The molecule has 0 aromatic heterocycles. The Morgan fingerprint density at radius 3 is 1.86 bits per heavy atom. The Hall–Kier alpha value is -1.35. The number of hydrogen-bond donors (Lipinski definition) is 4. The third-order valence-electron chi connectivity index (χ3n) is 3.79. The zero-order valence-corrected chi connectivity index (χ0v) is 12.3. The van der Waals surface area contributed by atoms with E-state index in [9.17, 15) is 29.7 Å². The van der Waals surface area contributed by atoms with Gasteiger partial charge < -0.3 is 25.2 Å². The predicted molar refractivity (Wildman–Crippen MR) is 74.5 cm³/mol. The Balaban J connectivity index is 2.98. The van der Waals surface area contributed by atoms with Gasteiger partial charge in [0.05, 0.1) is 6.61 Å². The maximum atomic E-state index is 12.1. The third kappa shape index (κ3) is 4.57. The third-order valence-corrected chi connectivity index (χ3v) is 3.79. The molecule has 126 valence electrons. The van der Waals surface area contributed by atoms with E-state index >= 15 is 0 Å². The molecule has 0 saturated carbocycles. The van der Waals surface area contributed by atoms with Crippen molar-refractivity contribution in [3.05, 3.63) is 0 Å². The van der Waals surface area contributed by atoms with Gasteiger partial charge in [0.2, 0.25) is 11.8 Å². The average Bonchev–Trinajstić information content (AvgIpc) is 2.59. The Bertz CT molecular complexity index is 381. The molecule has 1 rings (SSSR count). The van der Waals surface area contributed by atoms with Crippen LogP contribution in [-0.4, -0.2) is 74.4 Å². The molecule has 1 aliphatic rings. The summed E-state index contributed by atoms with van der Waals surface area (Å²) in [7, 11) is 0. The van der Waals surface area contributed by atoms with Gasteiger partial charge in [-0.3, -0.25) is 14.5 Å². The number of carbonyl (C=O) groups is 3. The van der Waals surface area contributed by atoms with Crippen LogP contribution in [0.2, 0.25) is 0 Å². The monoisotopic (exact) mass is 317 g/mol. The lowest BCUT2D eigenvalue weighted by Crippen LogP contribution is -2.57. The highest BCUT2D eigenvalue weighted by molar-refractivity contribution is 5.98. The molecule has 0 aromatic carbocycles. The van der Waals surface area contributed by atoms with Crippen LogP contribution in [-0.2, 0) is 14.4 Å². The van der Waals surface area contributed by atoms with E-state index in [0.717, 1.165) is 12.8 Å². The number of aliphatic hydroxyl groups excluding tert-OH is 4. The first-order valence-electron chi connectivity index (χ1n) is 7.39. The molecule has 0 bridgehead atoms. The second kappa shape index (κ2) is 8.94. The van der Waals surface area contributed by atoms with Crippen LogP contribution < -0.4 is 0 Å². The highest BCUT2D eigenvalue weighted by atomic mass is 16.4. The zero-order valence-electron chi connectivity index (χ0n) is 12.3. The normalized spacial score (nSPS) is 23.0. The van der Waals surface area contributed by atoms with Gasteiger partial charge in [-0.2, -0.15) is 0 Å². The van der Waals surface area contributed by atoms with Gasteiger partial charge in [-0.25, -0.2) is 0 Å². The largest absolute Gasteiger partial charge is 0.394 e. The van der Waals surface area contributed by atoms with Gasteiger partial charge in [0.1, 0.15) is 30.6 Å². The first-order valence-corrected chi connectivity index (χ1v) is 7.39. The van der Waals surface area contributed by atoms with Crippen molar-refractivity contribution in [2.24, 2.45) is 0 Å².